The number of rotatable bonds is 4. The third-order valence-electron chi connectivity index (χ3n) is 5.88. The molecule has 1 amide bonds. The number of aromatic amines is 1. The van der Waals surface area contributed by atoms with Gasteiger partial charge in [-0.3, -0.25) is 9.89 Å². The van der Waals surface area contributed by atoms with E-state index in [4.69, 9.17) is 4.74 Å². The lowest BCUT2D eigenvalue weighted by Gasteiger charge is -2.35. The van der Waals surface area contributed by atoms with Crippen LogP contribution in [0.3, 0.4) is 0 Å². The summed E-state index contributed by atoms with van der Waals surface area (Å²) >= 11 is 0. The molecule has 10 heteroatoms. The minimum absolute atomic E-state index is 0.00405. The smallest absolute Gasteiger partial charge is 0.281 e. The summed E-state index contributed by atoms with van der Waals surface area (Å²) in [5.41, 5.74) is 1.29. The molecule has 3 aliphatic rings. The van der Waals surface area contributed by atoms with Crippen molar-refractivity contribution in [3.8, 4) is 0 Å². The Morgan fingerprint density at radius 3 is 2.46 bits per heavy atom. The summed E-state index contributed by atoms with van der Waals surface area (Å²) in [6, 6.07) is 0. The average Bonchev–Trinajstić information content (AvgIpc) is 3.41. The standard InChI is InChI=1S/C18H29N5O4S/c1-13-10-21(11-14(2)27-13)18(24)16-9-19-20-17(16)15-5-8-23(12-15)28(25,26)22-6-3-4-7-22/h9,13-15H,3-8,10-12H2,1-2H3,(H,19,20). The van der Waals surface area contributed by atoms with E-state index in [1.54, 1.807) is 19.7 Å². The van der Waals surface area contributed by atoms with Crippen LogP contribution in [0.5, 0.6) is 0 Å². The minimum Gasteiger partial charge on any atom is -0.372 e. The number of aromatic nitrogens is 2. The zero-order chi connectivity index (χ0) is 19.9. The predicted octanol–water partition coefficient (Wildman–Crippen LogP) is 0.789. The van der Waals surface area contributed by atoms with Crippen molar-refractivity contribution in [2.75, 3.05) is 39.3 Å². The Balaban J connectivity index is 1.48. The quantitative estimate of drug-likeness (QED) is 0.790. The average molecular weight is 412 g/mol. The van der Waals surface area contributed by atoms with Gasteiger partial charge in [-0.2, -0.15) is 22.1 Å². The number of nitrogens with zero attached hydrogens (tertiary/aromatic N) is 4. The molecule has 3 unspecified atom stereocenters. The van der Waals surface area contributed by atoms with Crippen molar-refractivity contribution in [3.05, 3.63) is 17.5 Å². The van der Waals surface area contributed by atoms with Crippen molar-refractivity contribution in [1.82, 2.24) is 23.7 Å². The Hall–Kier alpha value is -1.49. The van der Waals surface area contributed by atoms with Gasteiger partial charge in [-0.25, -0.2) is 0 Å². The maximum absolute atomic E-state index is 13.1. The highest BCUT2D eigenvalue weighted by Gasteiger charge is 2.39. The van der Waals surface area contributed by atoms with Gasteiger partial charge in [0.2, 0.25) is 0 Å². The molecular formula is C18H29N5O4S. The monoisotopic (exact) mass is 411 g/mol. The number of amides is 1. The summed E-state index contributed by atoms with van der Waals surface area (Å²) in [5, 5.41) is 7.07. The topological polar surface area (TPSA) is 98.8 Å². The third kappa shape index (κ3) is 3.70. The number of morpholine rings is 1. The Morgan fingerprint density at radius 2 is 1.79 bits per heavy atom. The van der Waals surface area contributed by atoms with Gasteiger partial charge in [-0.1, -0.05) is 0 Å². The molecule has 0 bridgehead atoms. The Labute approximate surface area is 166 Å². The Kier molecular flexibility index (Phi) is 5.47. The predicted molar refractivity (Wildman–Crippen MR) is 103 cm³/mol. The molecule has 0 aromatic carbocycles. The van der Waals surface area contributed by atoms with Crippen LogP contribution in [-0.2, 0) is 14.9 Å². The molecule has 0 saturated carbocycles. The van der Waals surface area contributed by atoms with Crippen LogP contribution >= 0.6 is 0 Å². The van der Waals surface area contributed by atoms with E-state index in [9.17, 15) is 13.2 Å². The molecule has 4 rings (SSSR count). The van der Waals surface area contributed by atoms with E-state index in [0.717, 1.165) is 18.5 Å². The SMILES string of the molecule is CC1CN(C(=O)c2cn[nH]c2C2CCN(S(=O)(=O)N3CCCC3)C2)CC(C)O1. The summed E-state index contributed by atoms with van der Waals surface area (Å²) in [7, 11) is -3.41. The normalized spacial score (nSPS) is 30.2. The van der Waals surface area contributed by atoms with Crippen LogP contribution in [0.15, 0.2) is 6.20 Å². The van der Waals surface area contributed by atoms with Crippen molar-refractivity contribution < 1.29 is 17.9 Å². The summed E-state index contributed by atoms with van der Waals surface area (Å²) in [5.74, 6) is -0.110. The van der Waals surface area contributed by atoms with Gasteiger partial charge < -0.3 is 9.64 Å². The van der Waals surface area contributed by atoms with Gasteiger partial charge in [0, 0.05) is 45.2 Å². The minimum atomic E-state index is -3.41. The fourth-order valence-electron chi connectivity index (χ4n) is 4.55. The number of carbonyl (C=O) groups excluding carboxylic acids is 1. The molecule has 3 saturated heterocycles. The van der Waals surface area contributed by atoms with E-state index >= 15 is 0 Å². The first-order valence-corrected chi connectivity index (χ1v) is 11.5. The van der Waals surface area contributed by atoms with Gasteiger partial charge >= 0.3 is 0 Å². The molecule has 0 spiro atoms. The lowest BCUT2D eigenvalue weighted by molar-refractivity contribution is -0.0586. The van der Waals surface area contributed by atoms with Gasteiger partial charge in [0.15, 0.2) is 0 Å². The number of H-pyrrole nitrogens is 1. The Morgan fingerprint density at radius 1 is 1.11 bits per heavy atom. The van der Waals surface area contributed by atoms with Crippen LogP contribution in [0, 0.1) is 0 Å². The highest BCUT2D eigenvalue weighted by atomic mass is 32.2. The molecule has 0 radical (unpaired) electrons. The van der Waals surface area contributed by atoms with Crippen molar-refractivity contribution >= 4 is 16.1 Å². The van der Waals surface area contributed by atoms with E-state index in [-0.39, 0.29) is 24.0 Å². The molecule has 4 heterocycles. The summed E-state index contributed by atoms with van der Waals surface area (Å²) < 4.78 is 34.5. The molecular weight excluding hydrogens is 382 g/mol. The summed E-state index contributed by atoms with van der Waals surface area (Å²) in [6.07, 6.45) is 4.09. The van der Waals surface area contributed by atoms with Crippen LogP contribution < -0.4 is 0 Å². The Bertz CT molecular complexity index is 810. The van der Waals surface area contributed by atoms with Gasteiger partial charge in [0.1, 0.15) is 0 Å². The van der Waals surface area contributed by atoms with Crippen LogP contribution in [-0.4, -0.2) is 89.5 Å². The molecule has 0 aliphatic carbocycles. The highest BCUT2D eigenvalue weighted by Crippen LogP contribution is 2.32. The van der Waals surface area contributed by atoms with E-state index in [0.29, 0.717) is 51.3 Å². The van der Waals surface area contributed by atoms with Crippen molar-refractivity contribution in [2.45, 2.75) is 51.2 Å². The van der Waals surface area contributed by atoms with E-state index < -0.39 is 10.2 Å². The number of hydrogen-bond acceptors (Lipinski definition) is 5. The van der Waals surface area contributed by atoms with Crippen molar-refractivity contribution in [3.63, 3.8) is 0 Å². The molecule has 1 N–H and O–H groups in total. The van der Waals surface area contributed by atoms with E-state index in [1.807, 2.05) is 13.8 Å². The molecule has 9 nitrogen and oxygen atoms in total. The molecule has 1 aromatic rings. The fourth-order valence-corrected chi connectivity index (χ4v) is 6.30. The molecule has 1 aromatic heterocycles. The second-order valence-corrected chi connectivity index (χ2v) is 10.1. The fraction of sp³-hybridized carbons (Fsp3) is 0.778. The maximum Gasteiger partial charge on any atom is 0.281 e. The summed E-state index contributed by atoms with van der Waals surface area (Å²) in [6.45, 7) is 7.09. The van der Waals surface area contributed by atoms with Crippen LogP contribution in [0.25, 0.3) is 0 Å². The number of hydrogen-bond donors (Lipinski definition) is 1. The highest BCUT2D eigenvalue weighted by molar-refractivity contribution is 7.86. The lowest BCUT2D eigenvalue weighted by atomic mass is 10.0. The number of nitrogens with one attached hydrogen (secondary N) is 1. The zero-order valence-electron chi connectivity index (χ0n) is 16.5. The largest absolute Gasteiger partial charge is 0.372 e. The second-order valence-electron chi connectivity index (χ2n) is 8.12. The molecule has 156 valence electrons. The van der Waals surface area contributed by atoms with E-state index in [2.05, 4.69) is 10.2 Å². The lowest BCUT2D eigenvalue weighted by Crippen LogP contribution is -2.48. The van der Waals surface area contributed by atoms with Gasteiger partial charge in [0.05, 0.1) is 29.7 Å². The van der Waals surface area contributed by atoms with Crippen molar-refractivity contribution in [2.24, 2.45) is 0 Å². The second kappa shape index (κ2) is 7.74. The first-order chi connectivity index (χ1) is 13.4. The molecule has 3 aliphatic heterocycles. The van der Waals surface area contributed by atoms with Crippen LogP contribution in [0.2, 0.25) is 0 Å². The van der Waals surface area contributed by atoms with Gasteiger partial charge in [-0.05, 0) is 33.1 Å². The number of ether oxygens (including phenoxy) is 1. The first kappa shape index (κ1) is 19.8. The van der Waals surface area contributed by atoms with Crippen molar-refractivity contribution in [1.29, 1.82) is 0 Å². The van der Waals surface area contributed by atoms with E-state index in [1.165, 1.54) is 0 Å². The van der Waals surface area contributed by atoms with Crippen LogP contribution in [0.1, 0.15) is 55.1 Å². The molecule has 3 atom stereocenters. The molecule has 28 heavy (non-hydrogen) atoms. The molecule has 3 fully saturated rings. The zero-order valence-corrected chi connectivity index (χ0v) is 17.3. The van der Waals surface area contributed by atoms with Gasteiger partial charge in [0.25, 0.3) is 16.1 Å². The summed E-state index contributed by atoms with van der Waals surface area (Å²) in [4.78, 5) is 14.9. The number of carbonyl (C=O) groups is 1. The van der Waals surface area contributed by atoms with Gasteiger partial charge in [-0.15, -0.1) is 0 Å². The van der Waals surface area contributed by atoms with Crippen LogP contribution in [0.4, 0.5) is 0 Å². The first-order valence-electron chi connectivity index (χ1n) is 10.1. The maximum atomic E-state index is 13.1. The third-order valence-corrected chi connectivity index (χ3v) is 7.88.